The van der Waals surface area contributed by atoms with Crippen LogP contribution in [0.1, 0.15) is 43.6 Å². The largest absolute Gasteiger partial charge is 0.314 e. The number of rotatable bonds is 5. The van der Waals surface area contributed by atoms with Gasteiger partial charge in [0.15, 0.2) is 5.82 Å². The fourth-order valence-corrected chi connectivity index (χ4v) is 2.56. The van der Waals surface area contributed by atoms with Crippen LogP contribution in [0.4, 0.5) is 0 Å². The molecule has 0 aliphatic carbocycles. The summed E-state index contributed by atoms with van der Waals surface area (Å²) in [5.41, 5.74) is 4.15. The molecule has 0 aliphatic rings. The molecule has 1 N–H and O–H groups in total. The Kier molecular flexibility index (Phi) is 5.02. The van der Waals surface area contributed by atoms with Gasteiger partial charge in [-0.3, -0.25) is 4.98 Å². The SMILES string of the molecule is Cc1nc(-c2ccccn2)nc(C)c1C(C)CNC(C)C. The minimum atomic E-state index is 0.394. The Labute approximate surface area is 127 Å². The summed E-state index contributed by atoms with van der Waals surface area (Å²) >= 11 is 0. The minimum Gasteiger partial charge on any atom is -0.314 e. The van der Waals surface area contributed by atoms with E-state index < -0.39 is 0 Å². The van der Waals surface area contributed by atoms with E-state index in [2.05, 4.69) is 54.9 Å². The van der Waals surface area contributed by atoms with Crippen molar-refractivity contribution in [3.8, 4) is 11.5 Å². The number of aryl methyl sites for hydroxylation is 2. The van der Waals surface area contributed by atoms with Crippen molar-refractivity contribution in [3.63, 3.8) is 0 Å². The molecule has 1 unspecified atom stereocenters. The van der Waals surface area contributed by atoms with E-state index in [4.69, 9.17) is 0 Å². The third-order valence-corrected chi connectivity index (χ3v) is 3.55. The summed E-state index contributed by atoms with van der Waals surface area (Å²) in [5, 5.41) is 3.48. The highest BCUT2D eigenvalue weighted by atomic mass is 14.9. The molecular formula is C17H24N4. The summed E-state index contributed by atoms with van der Waals surface area (Å²) in [6.07, 6.45) is 1.77. The van der Waals surface area contributed by atoms with Gasteiger partial charge in [-0.15, -0.1) is 0 Å². The molecule has 1 atom stereocenters. The number of hydrogen-bond acceptors (Lipinski definition) is 4. The highest BCUT2D eigenvalue weighted by molar-refractivity contribution is 5.50. The molecule has 0 spiro atoms. The maximum Gasteiger partial charge on any atom is 0.178 e. The van der Waals surface area contributed by atoms with E-state index >= 15 is 0 Å². The fraction of sp³-hybridized carbons (Fsp3) is 0.471. The Balaban J connectivity index is 2.29. The molecule has 0 saturated carbocycles. The Bertz CT molecular complexity index is 570. The normalized spacial score (nSPS) is 12.7. The average molecular weight is 284 g/mol. The Morgan fingerprint density at radius 2 is 1.71 bits per heavy atom. The molecule has 0 bridgehead atoms. The van der Waals surface area contributed by atoms with Gasteiger partial charge in [0.1, 0.15) is 5.69 Å². The predicted octanol–water partition coefficient (Wildman–Crippen LogP) is 3.26. The van der Waals surface area contributed by atoms with Crippen LogP contribution in [0, 0.1) is 13.8 Å². The van der Waals surface area contributed by atoms with Gasteiger partial charge < -0.3 is 5.32 Å². The van der Waals surface area contributed by atoms with Crippen molar-refractivity contribution < 1.29 is 0 Å². The second-order valence-electron chi connectivity index (χ2n) is 5.81. The van der Waals surface area contributed by atoms with Crippen LogP contribution in [0.5, 0.6) is 0 Å². The van der Waals surface area contributed by atoms with Crippen molar-refractivity contribution >= 4 is 0 Å². The number of pyridine rings is 1. The first-order valence-corrected chi connectivity index (χ1v) is 7.49. The van der Waals surface area contributed by atoms with Crippen molar-refractivity contribution in [1.29, 1.82) is 0 Å². The van der Waals surface area contributed by atoms with Crippen molar-refractivity contribution in [2.24, 2.45) is 0 Å². The van der Waals surface area contributed by atoms with E-state index in [9.17, 15) is 0 Å². The van der Waals surface area contributed by atoms with E-state index in [0.29, 0.717) is 17.8 Å². The van der Waals surface area contributed by atoms with Crippen molar-refractivity contribution in [2.75, 3.05) is 6.54 Å². The predicted molar refractivity (Wildman–Crippen MR) is 86.3 cm³/mol. The number of hydrogen-bond donors (Lipinski definition) is 1. The molecule has 2 heterocycles. The highest BCUT2D eigenvalue weighted by Crippen LogP contribution is 2.23. The first-order chi connectivity index (χ1) is 9.99. The van der Waals surface area contributed by atoms with Crippen LogP contribution in [0.2, 0.25) is 0 Å². The lowest BCUT2D eigenvalue weighted by atomic mass is 9.97. The highest BCUT2D eigenvalue weighted by Gasteiger charge is 2.16. The summed E-state index contributed by atoms with van der Waals surface area (Å²) < 4.78 is 0. The summed E-state index contributed by atoms with van der Waals surface area (Å²) in [6.45, 7) is 11.6. The molecular weight excluding hydrogens is 260 g/mol. The second kappa shape index (κ2) is 6.76. The topological polar surface area (TPSA) is 50.7 Å². The smallest absolute Gasteiger partial charge is 0.178 e. The first kappa shape index (κ1) is 15.6. The Morgan fingerprint density at radius 3 is 2.24 bits per heavy atom. The Hall–Kier alpha value is -1.81. The zero-order chi connectivity index (χ0) is 15.4. The van der Waals surface area contributed by atoms with Crippen LogP contribution in [0.25, 0.3) is 11.5 Å². The van der Waals surface area contributed by atoms with Crippen molar-refractivity contribution in [3.05, 3.63) is 41.3 Å². The molecule has 0 aromatic carbocycles. The van der Waals surface area contributed by atoms with Gasteiger partial charge in [0.2, 0.25) is 0 Å². The second-order valence-corrected chi connectivity index (χ2v) is 5.81. The third-order valence-electron chi connectivity index (χ3n) is 3.55. The lowest BCUT2D eigenvalue weighted by molar-refractivity contribution is 0.544. The minimum absolute atomic E-state index is 0.394. The van der Waals surface area contributed by atoms with Gasteiger partial charge >= 0.3 is 0 Å². The van der Waals surface area contributed by atoms with Crippen LogP contribution >= 0.6 is 0 Å². The van der Waals surface area contributed by atoms with Gasteiger partial charge in [-0.25, -0.2) is 9.97 Å². The molecule has 4 heteroatoms. The standard InChI is InChI=1S/C17H24N4/c1-11(2)19-10-12(3)16-13(4)20-17(21-14(16)5)15-8-6-7-9-18-15/h6-9,11-12,19H,10H2,1-5H3. The average Bonchev–Trinajstić information content (AvgIpc) is 2.45. The van der Waals surface area contributed by atoms with Gasteiger partial charge in [0.05, 0.1) is 0 Å². The molecule has 2 aromatic rings. The van der Waals surface area contributed by atoms with Gasteiger partial charge in [-0.2, -0.15) is 0 Å². The molecule has 0 saturated heterocycles. The summed E-state index contributed by atoms with van der Waals surface area (Å²) in [7, 11) is 0. The van der Waals surface area contributed by atoms with Crippen molar-refractivity contribution in [2.45, 2.75) is 46.6 Å². The third kappa shape index (κ3) is 3.85. The van der Waals surface area contributed by atoms with Gasteiger partial charge in [-0.1, -0.05) is 26.8 Å². The summed E-state index contributed by atoms with van der Waals surface area (Å²) in [6, 6.07) is 6.29. The van der Waals surface area contributed by atoms with Gasteiger partial charge in [0.25, 0.3) is 0 Å². The van der Waals surface area contributed by atoms with E-state index in [1.807, 2.05) is 18.2 Å². The molecule has 0 amide bonds. The summed E-state index contributed by atoms with van der Waals surface area (Å²) in [4.78, 5) is 13.6. The van der Waals surface area contributed by atoms with E-state index in [0.717, 1.165) is 23.6 Å². The molecule has 0 aliphatic heterocycles. The summed E-state index contributed by atoms with van der Waals surface area (Å²) in [5.74, 6) is 1.10. The van der Waals surface area contributed by atoms with Crippen LogP contribution in [-0.4, -0.2) is 27.5 Å². The van der Waals surface area contributed by atoms with Crippen LogP contribution in [0.3, 0.4) is 0 Å². The number of nitrogens with zero attached hydrogens (tertiary/aromatic N) is 3. The number of nitrogens with one attached hydrogen (secondary N) is 1. The molecule has 112 valence electrons. The Morgan fingerprint density at radius 1 is 1.05 bits per heavy atom. The zero-order valence-electron chi connectivity index (χ0n) is 13.5. The van der Waals surface area contributed by atoms with Gasteiger partial charge in [0, 0.05) is 30.2 Å². The van der Waals surface area contributed by atoms with Crippen LogP contribution in [-0.2, 0) is 0 Å². The maximum atomic E-state index is 4.65. The fourth-order valence-electron chi connectivity index (χ4n) is 2.56. The van der Waals surface area contributed by atoms with E-state index in [1.54, 1.807) is 6.20 Å². The molecule has 4 nitrogen and oxygen atoms in total. The monoisotopic (exact) mass is 284 g/mol. The molecule has 2 aromatic heterocycles. The maximum absolute atomic E-state index is 4.65. The van der Waals surface area contributed by atoms with E-state index in [-0.39, 0.29) is 0 Å². The zero-order valence-corrected chi connectivity index (χ0v) is 13.5. The first-order valence-electron chi connectivity index (χ1n) is 7.49. The number of aromatic nitrogens is 3. The van der Waals surface area contributed by atoms with Crippen LogP contribution in [0.15, 0.2) is 24.4 Å². The molecule has 0 fully saturated rings. The van der Waals surface area contributed by atoms with E-state index in [1.165, 1.54) is 5.56 Å². The quantitative estimate of drug-likeness (QED) is 0.915. The molecule has 2 rings (SSSR count). The molecule has 0 radical (unpaired) electrons. The lowest BCUT2D eigenvalue weighted by Gasteiger charge is -2.19. The van der Waals surface area contributed by atoms with Crippen LogP contribution < -0.4 is 5.32 Å². The lowest BCUT2D eigenvalue weighted by Crippen LogP contribution is -2.27. The van der Waals surface area contributed by atoms with Gasteiger partial charge in [-0.05, 0) is 37.5 Å². The molecule has 21 heavy (non-hydrogen) atoms. The van der Waals surface area contributed by atoms with Crippen molar-refractivity contribution in [1.82, 2.24) is 20.3 Å².